The second-order valence-corrected chi connectivity index (χ2v) is 7.20. The Balaban J connectivity index is 1.30. The van der Waals surface area contributed by atoms with E-state index in [1.807, 2.05) is 48.4 Å². The summed E-state index contributed by atoms with van der Waals surface area (Å²) in [6.45, 7) is 6.12. The van der Waals surface area contributed by atoms with E-state index in [2.05, 4.69) is 34.1 Å². The fraction of sp³-hybridized carbons (Fsp3) is 0.304. The van der Waals surface area contributed by atoms with Gasteiger partial charge in [0.1, 0.15) is 5.75 Å². The van der Waals surface area contributed by atoms with Gasteiger partial charge < -0.3 is 9.64 Å². The first kappa shape index (κ1) is 18.4. The van der Waals surface area contributed by atoms with Gasteiger partial charge in [-0.25, -0.2) is 0 Å². The Morgan fingerprint density at radius 1 is 1.00 bits per heavy atom. The number of piperazine rings is 1. The number of hydrogen-bond donors (Lipinski definition) is 0. The molecule has 4 rings (SSSR count). The Kier molecular flexibility index (Phi) is 5.53. The third-order valence-corrected chi connectivity index (χ3v) is 5.28. The van der Waals surface area contributed by atoms with Gasteiger partial charge >= 0.3 is 0 Å². The van der Waals surface area contributed by atoms with Crippen LogP contribution in [0.4, 0.5) is 0 Å². The minimum atomic E-state index is 0.0507. The van der Waals surface area contributed by atoms with Crippen LogP contribution in [0.15, 0.2) is 60.8 Å². The van der Waals surface area contributed by atoms with Gasteiger partial charge in [0, 0.05) is 44.3 Å². The van der Waals surface area contributed by atoms with Crippen LogP contribution in [-0.4, -0.2) is 53.5 Å². The highest BCUT2D eigenvalue weighted by molar-refractivity contribution is 5.81. The van der Waals surface area contributed by atoms with Crippen LogP contribution in [0, 0.1) is 6.92 Å². The van der Waals surface area contributed by atoms with E-state index in [1.165, 1.54) is 10.9 Å². The monoisotopic (exact) mass is 375 g/mol. The average molecular weight is 375 g/mol. The van der Waals surface area contributed by atoms with Crippen LogP contribution in [0.5, 0.6) is 5.75 Å². The molecule has 28 heavy (non-hydrogen) atoms. The number of carbonyl (C=O) groups is 1. The number of ether oxygens (including phenoxy) is 1. The Morgan fingerprint density at radius 2 is 1.79 bits per heavy atom. The number of fused-ring (bicyclic) bond motifs is 1. The summed E-state index contributed by atoms with van der Waals surface area (Å²) in [5.74, 6) is 0.827. The molecule has 0 aliphatic carbocycles. The van der Waals surface area contributed by atoms with Crippen molar-refractivity contribution in [2.45, 2.75) is 13.5 Å². The molecule has 144 valence electrons. The van der Waals surface area contributed by atoms with E-state index < -0.39 is 0 Å². The van der Waals surface area contributed by atoms with Crippen molar-refractivity contribution in [3.8, 4) is 5.75 Å². The molecule has 2 aromatic carbocycles. The zero-order valence-electron chi connectivity index (χ0n) is 16.2. The molecule has 0 spiro atoms. The van der Waals surface area contributed by atoms with Gasteiger partial charge in [-0.2, -0.15) is 0 Å². The first-order valence-electron chi connectivity index (χ1n) is 9.72. The minimum Gasteiger partial charge on any atom is -0.484 e. The molecule has 5 nitrogen and oxygen atoms in total. The van der Waals surface area contributed by atoms with Gasteiger partial charge in [-0.05, 0) is 30.2 Å². The molecule has 0 radical (unpaired) electrons. The summed E-state index contributed by atoms with van der Waals surface area (Å²) in [7, 11) is 0. The highest BCUT2D eigenvalue weighted by Gasteiger charge is 2.22. The van der Waals surface area contributed by atoms with Gasteiger partial charge in [-0.15, -0.1) is 0 Å². The molecule has 0 N–H and O–H groups in total. The van der Waals surface area contributed by atoms with Gasteiger partial charge in [0.15, 0.2) is 6.61 Å². The predicted molar refractivity (Wildman–Crippen MR) is 110 cm³/mol. The molecule has 1 aliphatic rings. The summed E-state index contributed by atoms with van der Waals surface area (Å²) >= 11 is 0. The molecule has 1 saturated heterocycles. The number of para-hydroxylation sites is 2. The van der Waals surface area contributed by atoms with E-state index in [1.54, 1.807) is 0 Å². The summed E-state index contributed by atoms with van der Waals surface area (Å²) in [6.07, 6.45) is 1.84. The van der Waals surface area contributed by atoms with Gasteiger partial charge in [0.25, 0.3) is 5.91 Å². The maximum absolute atomic E-state index is 12.5. The Labute approximate surface area is 165 Å². The second-order valence-electron chi connectivity index (χ2n) is 7.20. The number of nitrogens with zero attached hydrogens (tertiary/aromatic N) is 3. The smallest absolute Gasteiger partial charge is 0.260 e. The van der Waals surface area contributed by atoms with Crippen molar-refractivity contribution in [1.29, 1.82) is 0 Å². The third kappa shape index (κ3) is 4.15. The van der Waals surface area contributed by atoms with Crippen molar-refractivity contribution >= 4 is 16.8 Å². The molecule has 3 aromatic rings. The van der Waals surface area contributed by atoms with E-state index in [-0.39, 0.29) is 12.5 Å². The number of benzene rings is 2. The van der Waals surface area contributed by atoms with Crippen molar-refractivity contribution in [2.24, 2.45) is 0 Å². The predicted octanol–water partition coefficient (Wildman–Crippen LogP) is 3.27. The van der Waals surface area contributed by atoms with Gasteiger partial charge in [-0.1, -0.05) is 42.5 Å². The lowest BCUT2D eigenvalue weighted by molar-refractivity contribution is -0.135. The van der Waals surface area contributed by atoms with Crippen molar-refractivity contribution in [2.75, 3.05) is 32.8 Å². The summed E-state index contributed by atoms with van der Waals surface area (Å²) in [6, 6.07) is 18.2. The highest BCUT2D eigenvalue weighted by atomic mass is 16.5. The molecule has 1 aliphatic heterocycles. The molecular weight excluding hydrogens is 350 g/mol. The molecular formula is C23H25N3O2. The zero-order valence-corrected chi connectivity index (χ0v) is 16.2. The lowest BCUT2D eigenvalue weighted by Crippen LogP contribution is -2.49. The Hall–Kier alpha value is -2.92. The number of amides is 1. The Bertz CT molecular complexity index is 959. The first-order chi connectivity index (χ1) is 13.7. The number of pyridine rings is 1. The van der Waals surface area contributed by atoms with E-state index in [9.17, 15) is 4.79 Å². The molecule has 5 heteroatoms. The standard InChI is InChI=1S/C23H25N3O2/c1-18-6-2-3-10-21(18)28-17-22(27)26-14-12-25(13-15-26)16-20-8-4-7-19-9-5-11-24-23(19)20/h2-11H,12-17H2,1H3. The molecule has 1 fully saturated rings. The lowest BCUT2D eigenvalue weighted by atomic mass is 10.1. The summed E-state index contributed by atoms with van der Waals surface area (Å²) in [5, 5.41) is 1.17. The van der Waals surface area contributed by atoms with E-state index >= 15 is 0 Å². The van der Waals surface area contributed by atoms with Gasteiger partial charge in [-0.3, -0.25) is 14.7 Å². The SMILES string of the molecule is Cc1ccccc1OCC(=O)N1CCN(Cc2cccc3cccnc23)CC1. The average Bonchev–Trinajstić information content (AvgIpc) is 2.74. The highest BCUT2D eigenvalue weighted by Crippen LogP contribution is 2.19. The van der Waals surface area contributed by atoms with Crippen LogP contribution in [0.25, 0.3) is 10.9 Å². The summed E-state index contributed by atoms with van der Waals surface area (Å²) in [5.41, 5.74) is 3.35. The lowest BCUT2D eigenvalue weighted by Gasteiger charge is -2.34. The Morgan fingerprint density at radius 3 is 2.61 bits per heavy atom. The van der Waals surface area contributed by atoms with Crippen LogP contribution < -0.4 is 4.74 Å². The van der Waals surface area contributed by atoms with Crippen molar-refractivity contribution in [3.05, 3.63) is 71.9 Å². The van der Waals surface area contributed by atoms with Crippen molar-refractivity contribution in [3.63, 3.8) is 0 Å². The fourth-order valence-electron chi connectivity index (χ4n) is 3.64. The molecule has 1 amide bonds. The summed E-state index contributed by atoms with van der Waals surface area (Å²) < 4.78 is 5.71. The number of hydrogen-bond acceptors (Lipinski definition) is 4. The van der Waals surface area contributed by atoms with Gasteiger partial charge in [0.2, 0.25) is 0 Å². The van der Waals surface area contributed by atoms with Crippen molar-refractivity contribution < 1.29 is 9.53 Å². The maximum atomic E-state index is 12.5. The number of rotatable bonds is 5. The quantitative estimate of drug-likeness (QED) is 0.687. The second kappa shape index (κ2) is 8.40. The van der Waals surface area contributed by atoms with Crippen LogP contribution in [0.2, 0.25) is 0 Å². The van der Waals surface area contributed by atoms with Crippen LogP contribution in [0.3, 0.4) is 0 Å². The molecule has 0 atom stereocenters. The van der Waals surface area contributed by atoms with Crippen molar-refractivity contribution in [1.82, 2.24) is 14.8 Å². The van der Waals surface area contributed by atoms with Gasteiger partial charge in [0.05, 0.1) is 5.52 Å². The minimum absolute atomic E-state index is 0.0507. The van der Waals surface area contributed by atoms with Crippen LogP contribution in [-0.2, 0) is 11.3 Å². The normalized spacial score (nSPS) is 15.0. The number of aromatic nitrogens is 1. The molecule has 0 bridgehead atoms. The topological polar surface area (TPSA) is 45.7 Å². The molecule has 0 unspecified atom stereocenters. The zero-order chi connectivity index (χ0) is 19.3. The first-order valence-corrected chi connectivity index (χ1v) is 9.72. The van der Waals surface area contributed by atoms with E-state index in [4.69, 9.17) is 4.74 Å². The largest absolute Gasteiger partial charge is 0.484 e. The van der Waals surface area contributed by atoms with Crippen LogP contribution >= 0.6 is 0 Å². The molecule has 0 saturated carbocycles. The van der Waals surface area contributed by atoms with E-state index in [0.29, 0.717) is 0 Å². The summed E-state index contributed by atoms with van der Waals surface area (Å²) in [4.78, 5) is 21.3. The molecule has 2 heterocycles. The molecule has 1 aromatic heterocycles. The maximum Gasteiger partial charge on any atom is 0.260 e. The number of aryl methyl sites for hydroxylation is 1. The third-order valence-electron chi connectivity index (χ3n) is 5.28. The van der Waals surface area contributed by atoms with E-state index in [0.717, 1.165) is 49.6 Å². The number of carbonyl (C=O) groups excluding carboxylic acids is 1. The fourth-order valence-corrected chi connectivity index (χ4v) is 3.64. The van der Waals surface area contributed by atoms with Crippen LogP contribution in [0.1, 0.15) is 11.1 Å².